The summed E-state index contributed by atoms with van der Waals surface area (Å²) in [6.45, 7) is 4.08. The fraction of sp³-hybridized carbons (Fsp3) is 0.364. The lowest BCUT2D eigenvalue weighted by Crippen LogP contribution is -2.37. The van der Waals surface area contributed by atoms with Crippen LogP contribution in [0.5, 0.6) is 0 Å². The highest BCUT2D eigenvalue weighted by atomic mass is 32.2. The van der Waals surface area contributed by atoms with E-state index >= 15 is 0 Å². The Morgan fingerprint density at radius 3 is 2.50 bits per heavy atom. The van der Waals surface area contributed by atoms with E-state index in [1.54, 1.807) is 13.2 Å². The van der Waals surface area contributed by atoms with Gasteiger partial charge in [-0.15, -0.1) is 11.8 Å². The second kappa shape index (κ2) is 9.30. The summed E-state index contributed by atoms with van der Waals surface area (Å²) < 4.78 is 2.46. The number of aryl methyl sites for hydroxylation is 3. The van der Waals surface area contributed by atoms with E-state index in [2.05, 4.69) is 17.2 Å². The van der Waals surface area contributed by atoms with Crippen LogP contribution in [0, 0.1) is 6.92 Å². The molecule has 0 bridgehead atoms. The van der Waals surface area contributed by atoms with Crippen molar-refractivity contribution in [1.82, 2.24) is 14.1 Å². The number of nitrogens with one attached hydrogen (secondary N) is 1. The molecule has 0 spiro atoms. The molecule has 1 aromatic carbocycles. The normalized spacial score (nSPS) is 11.1. The number of pyridine rings is 1. The number of unbranched alkanes of at least 4 members (excludes halogenated alkanes) is 1. The van der Waals surface area contributed by atoms with Crippen LogP contribution in [0.15, 0.2) is 44.9 Å². The maximum Gasteiger partial charge on any atom is 0.332 e. The molecule has 0 radical (unpaired) electrons. The molecule has 2 heterocycles. The Kier molecular flexibility index (Phi) is 6.77. The molecule has 158 valence electrons. The Balaban J connectivity index is 1.97. The van der Waals surface area contributed by atoms with Gasteiger partial charge < -0.3 is 5.32 Å². The molecule has 30 heavy (non-hydrogen) atoms. The number of hydrogen-bond donors (Lipinski definition) is 1. The molecule has 0 fully saturated rings. The van der Waals surface area contributed by atoms with Crippen molar-refractivity contribution in [2.75, 3.05) is 11.1 Å². The summed E-state index contributed by atoms with van der Waals surface area (Å²) in [5.74, 6) is -0.00474. The van der Waals surface area contributed by atoms with Crippen molar-refractivity contribution in [3.8, 4) is 0 Å². The van der Waals surface area contributed by atoms with Gasteiger partial charge in [-0.3, -0.25) is 18.7 Å². The van der Waals surface area contributed by atoms with Gasteiger partial charge in [-0.2, -0.15) is 0 Å². The number of aromatic nitrogens is 3. The molecule has 3 aromatic rings. The topological polar surface area (TPSA) is 86.0 Å². The Labute approximate surface area is 179 Å². The quantitative estimate of drug-likeness (QED) is 0.587. The van der Waals surface area contributed by atoms with Crippen molar-refractivity contribution in [3.05, 3.63) is 62.4 Å². The Bertz CT molecular complexity index is 1200. The van der Waals surface area contributed by atoms with Crippen molar-refractivity contribution in [2.45, 2.75) is 38.0 Å². The van der Waals surface area contributed by atoms with Crippen molar-refractivity contribution in [1.29, 1.82) is 0 Å². The lowest BCUT2D eigenvalue weighted by atomic mass is 10.1. The molecule has 8 heteroatoms. The molecular formula is C22H26N4O3S. The van der Waals surface area contributed by atoms with Gasteiger partial charge in [0.2, 0.25) is 5.91 Å². The summed E-state index contributed by atoms with van der Waals surface area (Å²) in [6.07, 6.45) is 4.42. The number of rotatable bonds is 7. The molecule has 0 atom stereocenters. The largest absolute Gasteiger partial charge is 0.332 e. The van der Waals surface area contributed by atoms with Gasteiger partial charge >= 0.3 is 5.69 Å². The van der Waals surface area contributed by atoms with E-state index in [0.717, 1.165) is 45.5 Å². The smallest absolute Gasteiger partial charge is 0.325 e. The van der Waals surface area contributed by atoms with Crippen molar-refractivity contribution in [3.63, 3.8) is 0 Å². The van der Waals surface area contributed by atoms with Crippen LogP contribution in [0.4, 0.5) is 5.69 Å². The van der Waals surface area contributed by atoms with Gasteiger partial charge in [0.05, 0.1) is 11.1 Å². The second-order valence-corrected chi connectivity index (χ2v) is 8.31. The number of carbonyl (C=O) groups is 1. The van der Waals surface area contributed by atoms with Crippen LogP contribution in [-0.2, 0) is 25.3 Å². The summed E-state index contributed by atoms with van der Waals surface area (Å²) in [5.41, 5.74) is 2.30. The average Bonchev–Trinajstić information content (AvgIpc) is 2.74. The second-order valence-electron chi connectivity index (χ2n) is 7.32. The predicted molar refractivity (Wildman–Crippen MR) is 121 cm³/mol. The van der Waals surface area contributed by atoms with Crippen LogP contribution in [0.2, 0.25) is 0 Å². The monoisotopic (exact) mass is 426 g/mol. The fourth-order valence-electron chi connectivity index (χ4n) is 3.22. The molecule has 0 saturated heterocycles. The van der Waals surface area contributed by atoms with E-state index in [0.29, 0.717) is 11.0 Å². The van der Waals surface area contributed by atoms with Gasteiger partial charge in [0.15, 0.2) is 0 Å². The fourth-order valence-corrected chi connectivity index (χ4v) is 4.23. The number of anilines is 1. The van der Waals surface area contributed by atoms with Crippen molar-refractivity contribution < 1.29 is 4.79 Å². The zero-order valence-corrected chi connectivity index (χ0v) is 18.5. The minimum Gasteiger partial charge on any atom is -0.325 e. The number of nitrogens with zero attached hydrogens (tertiary/aromatic N) is 3. The predicted octanol–water partition coefficient (Wildman–Crippen LogP) is 3.01. The molecule has 0 aliphatic heterocycles. The molecular weight excluding hydrogens is 400 g/mol. The first-order chi connectivity index (χ1) is 14.3. The molecule has 1 N–H and O–H groups in total. The van der Waals surface area contributed by atoms with Crippen LogP contribution in [-0.4, -0.2) is 25.8 Å². The maximum atomic E-state index is 12.9. The molecule has 2 aromatic heterocycles. The number of fused-ring (bicyclic) bond motifs is 1. The first kappa shape index (κ1) is 21.8. The lowest BCUT2D eigenvalue weighted by molar-refractivity contribution is -0.113. The minimum absolute atomic E-state index is 0.151. The van der Waals surface area contributed by atoms with Crippen LogP contribution < -0.4 is 16.6 Å². The summed E-state index contributed by atoms with van der Waals surface area (Å²) in [4.78, 5) is 42.8. The Morgan fingerprint density at radius 2 is 1.83 bits per heavy atom. The molecule has 3 rings (SSSR count). The number of carbonyl (C=O) groups excluding carboxylic acids is 1. The summed E-state index contributed by atoms with van der Waals surface area (Å²) in [6, 6.07) is 7.59. The molecule has 0 saturated carbocycles. The van der Waals surface area contributed by atoms with E-state index in [1.165, 1.54) is 23.4 Å². The molecule has 1 amide bonds. The van der Waals surface area contributed by atoms with E-state index in [9.17, 15) is 14.4 Å². The molecule has 0 aliphatic carbocycles. The minimum atomic E-state index is -0.422. The number of hydrogen-bond acceptors (Lipinski definition) is 5. The number of benzene rings is 1. The Morgan fingerprint density at radius 1 is 1.13 bits per heavy atom. The third kappa shape index (κ3) is 4.48. The van der Waals surface area contributed by atoms with Crippen LogP contribution in [0.25, 0.3) is 11.0 Å². The average molecular weight is 427 g/mol. The van der Waals surface area contributed by atoms with Gasteiger partial charge in [0.1, 0.15) is 5.65 Å². The van der Waals surface area contributed by atoms with Gasteiger partial charge in [-0.1, -0.05) is 31.0 Å². The zero-order chi connectivity index (χ0) is 21.8. The van der Waals surface area contributed by atoms with E-state index in [4.69, 9.17) is 0 Å². The van der Waals surface area contributed by atoms with Gasteiger partial charge in [0.25, 0.3) is 5.56 Å². The van der Waals surface area contributed by atoms with E-state index in [1.807, 2.05) is 31.2 Å². The van der Waals surface area contributed by atoms with E-state index in [-0.39, 0.29) is 17.2 Å². The molecule has 7 nitrogen and oxygen atoms in total. The lowest BCUT2D eigenvalue weighted by Gasteiger charge is -2.14. The van der Waals surface area contributed by atoms with Crippen LogP contribution in [0.3, 0.4) is 0 Å². The first-order valence-corrected chi connectivity index (χ1v) is 10.9. The third-order valence-electron chi connectivity index (χ3n) is 4.98. The van der Waals surface area contributed by atoms with E-state index < -0.39 is 5.69 Å². The van der Waals surface area contributed by atoms with Crippen LogP contribution >= 0.6 is 11.8 Å². The summed E-state index contributed by atoms with van der Waals surface area (Å²) in [5, 5.41) is 3.27. The highest BCUT2D eigenvalue weighted by Crippen LogP contribution is 2.29. The van der Waals surface area contributed by atoms with Crippen molar-refractivity contribution >= 4 is 34.4 Å². The van der Waals surface area contributed by atoms with Gasteiger partial charge in [-0.25, -0.2) is 9.78 Å². The Hall–Kier alpha value is -2.87. The number of thioether (sulfide) groups is 1. The first-order valence-electron chi connectivity index (χ1n) is 9.90. The summed E-state index contributed by atoms with van der Waals surface area (Å²) >= 11 is 1.31. The number of amides is 1. The van der Waals surface area contributed by atoms with Gasteiger partial charge in [0, 0.05) is 30.9 Å². The zero-order valence-electron chi connectivity index (χ0n) is 17.7. The van der Waals surface area contributed by atoms with Crippen molar-refractivity contribution in [2.24, 2.45) is 14.1 Å². The molecule has 0 unspecified atom stereocenters. The highest BCUT2D eigenvalue weighted by molar-refractivity contribution is 8.00. The maximum absolute atomic E-state index is 12.9. The standard InChI is InChI=1S/C22H26N4O3S/c1-5-6-7-15-12-23-20-18(21(28)26(4)22(29)25(20)3)19(15)30-13-17(27)24-16-10-8-14(2)9-11-16/h8-12H,5-7,13H2,1-4H3,(H,24,27). The molecule has 0 aliphatic rings. The van der Waals surface area contributed by atoms with Gasteiger partial charge in [-0.05, 0) is 37.5 Å². The van der Waals surface area contributed by atoms with Crippen LogP contribution in [0.1, 0.15) is 30.9 Å². The highest BCUT2D eigenvalue weighted by Gasteiger charge is 2.18. The third-order valence-corrected chi connectivity index (χ3v) is 6.14. The SMILES string of the molecule is CCCCc1cnc2c(c1SCC(=O)Nc1ccc(C)cc1)c(=O)n(C)c(=O)n2C. The summed E-state index contributed by atoms with van der Waals surface area (Å²) in [7, 11) is 3.06.